The number of hydrogen-bond acceptors (Lipinski definition) is 4. The predicted octanol–water partition coefficient (Wildman–Crippen LogP) is 4.58. The van der Waals surface area contributed by atoms with Gasteiger partial charge >= 0.3 is 5.69 Å². The summed E-state index contributed by atoms with van der Waals surface area (Å²) in [4.78, 5) is 9.76. The maximum Gasteiger partial charge on any atom is 0.304 e. The zero-order valence-electron chi connectivity index (χ0n) is 10.4. The molecular weight excluding hydrogens is 411 g/mol. The van der Waals surface area contributed by atoms with Gasteiger partial charge in [-0.25, -0.2) is 0 Å². The monoisotopic (exact) mass is 418 g/mol. The summed E-state index contributed by atoms with van der Waals surface area (Å²) in [5.41, 5.74) is 0.708. The molecule has 2 rings (SSSR count). The number of phenolic OH excluding ortho intramolecular Hbond substituents is 1. The first-order valence-electron chi connectivity index (χ1n) is 5.73. The van der Waals surface area contributed by atoms with Gasteiger partial charge < -0.3 is 10.4 Å². The second kappa shape index (κ2) is 6.40. The van der Waals surface area contributed by atoms with Crippen molar-refractivity contribution < 1.29 is 14.4 Å². The Hall–Kier alpha value is -1.67. The van der Waals surface area contributed by atoms with Crippen LogP contribution in [0.2, 0.25) is 0 Å². The van der Waals surface area contributed by atoms with Crippen molar-refractivity contribution in [1.82, 2.24) is 0 Å². The minimum atomic E-state index is -0.891. The minimum Gasteiger partial charge on any atom is -0.506 e. The van der Waals surface area contributed by atoms with E-state index in [4.69, 9.17) is 0 Å². The average Bonchev–Trinajstić information content (AvgIpc) is 2.42. The molecule has 0 saturated heterocycles. The normalized spacial score (nSPS) is 10.4. The number of nitro benzene ring substituents is 1. The van der Waals surface area contributed by atoms with Gasteiger partial charge in [-0.2, -0.15) is 4.39 Å². The van der Waals surface area contributed by atoms with Crippen molar-refractivity contribution >= 4 is 43.2 Å². The molecule has 0 aliphatic carbocycles. The maximum atomic E-state index is 13.5. The van der Waals surface area contributed by atoms with E-state index < -0.39 is 16.4 Å². The molecule has 0 radical (unpaired) electrons. The first-order chi connectivity index (χ1) is 9.88. The van der Waals surface area contributed by atoms with E-state index in [-0.39, 0.29) is 5.75 Å². The number of rotatable bonds is 4. The lowest BCUT2D eigenvalue weighted by Gasteiger charge is -2.09. The van der Waals surface area contributed by atoms with Crippen molar-refractivity contribution in [3.63, 3.8) is 0 Å². The van der Waals surface area contributed by atoms with Crippen molar-refractivity contribution in [1.29, 1.82) is 0 Å². The zero-order chi connectivity index (χ0) is 15.6. The lowest BCUT2D eigenvalue weighted by Crippen LogP contribution is -2.01. The quantitative estimate of drug-likeness (QED) is 0.561. The summed E-state index contributed by atoms with van der Waals surface area (Å²) >= 11 is 6.43. The first kappa shape index (κ1) is 15.7. The Morgan fingerprint density at radius 1 is 1.24 bits per heavy atom. The molecule has 110 valence electrons. The van der Waals surface area contributed by atoms with Crippen LogP contribution in [0.25, 0.3) is 0 Å². The fourth-order valence-corrected chi connectivity index (χ4v) is 2.97. The number of aromatic hydroxyl groups is 1. The highest BCUT2D eigenvalue weighted by Crippen LogP contribution is 2.33. The van der Waals surface area contributed by atoms with E-state index in [9.17, 15) is 19.6 Å². The molecular formula is C13H9Br2FN2O3. The van der Waals surface area contributed by atoms with Crippen LogP contribution >= 0.6 is 31.9 Å². The van der Waals surface area contributed by atoms with E-state index in [0.29, 0.717) is 21.2 Å². The molecule has 0 spiro atoms. The van der Waals surface area contributed by atoms with Gasteiger partial charge in [-0.05, 0) is 55.6 Å². The number of anilines is 1. The van der Waals surface area contributed by atoms with Gasteiger partial charge in [-0.3, -0.25) is 10.1 Å². The number of halogens is 3. The van der Waals surface area contributed by atoms with Gasteiger partial charge in [0.05, 0.1) is 13.9 Å². The van der Waals surface area contributed by atoms with Gasteiger partial charge in [-0.15, -0.1) is 0 Å². The van der Waals surface area contributed by atoms with Crippen LogP contribution in [0, 0.1) is 15.9 Å². The van der Waals surface area contributed by atoms with Gasteiger partial charge in [-0.1, -0.05) is 0 Å². The van der Waals surface area contributed by atoms with Crippen LogP contribution in [0.4, 0.5) is 15.8 Å². The average molecular weight is 420 g/mol. The molecule has 0 aliphatic heterocycles. The summed E-state index contributed by atoms with van der Waals surface area (Å²) in [6.45, 7) is 0.370. The van der Waals surface area contributed by atoms with Crippen molar-refractivity contribution in [2.45, 2.75) is 6.54 Å². The summed E-state index contributed by atoms with van der Waals surface area (Å²) in [6, 6.07) is 7.05. The maximum absolute atomic E-state index is 13.5. The SMILES string of the molecule is O=[N+]([O-])c1ccc(NCc2cc(Br)c(O)c(Br)c2)cc1F. The molecule has 0 saturated carbocycles. The number of benzene rings is 2. The van der Waals surface area contributed by atoms with Crippen molar-refractivity contribution in [2.24, 2.45) is 0 Å². The van der Waals surface area contributed by atoms with Crippen LogP contribution in [0.5, 0.6) is 5.75 Å². The number of nitrogens with zero attached hydrogens (tertiary/aromatic N) is 1. The summed E-state index contributed by atoms with van der Waals surface area (Å²) in [7, 11) is 0. The van der Waals surface area contributed by atoms with Gasteiger partial charge in [0.15, 0.2) is 0 Å². The van der Waals surface area contributed by atoms with Gasteiger partial charge in [0.25, 0.3) is 0 Å². The zero-order valence-corrected chi connectivity index (χ0v) is 13.6. The smallest absolute Gasteiger partial charge is 0.304 e. The van der Waals surface area contributed by atoms with Crippen LogP contribution in [0.1, 0.15) is 5.56 Å². The molecule has 0 amide bonds. The Bertz CT molecular complexity index is 687. The fraction of sp³-hybridized carbons (Fsp3) is 0.0769. The first-order valence-corrected chi connectivity index (χ1v) is 7.32. The lowest BCUT2D eigenvalue weighted by atomic mass is 10.2. The summed E-state index contributed by atoms with van der Waals surface area (Å²) < 4.78 is 14.5. The molecule has 5 nitrogen and oxygen atoms in total. The second-order valence-electron chi connectivity index (χ2n) is 4.18. The van der Waals surface area contributed by atoms with Crippen LogP contribution in [-0.4, -0.2) is 10.0 Å². The van der Waals surface area contributed by atoms with Crippen LogP contribution in [-0.2, 0) is 6.54 Å². The third-order valence-corrected chi connectivity index (χ3v) is 3.93. The summed E-state index contributed by atoms with van der Waals surface area (Å²) in [6.07, 6.45) is 0. The predicted molar refractivity (Wildman–Crippen MR) is 83.9 cm³/mol. The van der Waals surface area contributed by atoms with Gasteiger partial charge in [0, 0.05) is 24.4 Å². The van der Waals surface area contributed by atoms with E-state index in [1.807, 2.05) is 0 Å². The van der Waals surface area contributed by atoms with Gasteiger partial charge in [0.1, 0.15) is 5.75 Å². The Morgan fingerprint density at radius 2 is 1.86 bits per heavy atom. The number of nitrogens with one attached hydrogen (secondary N) is 1. The Morgan fingerprint density at radius 3 is 2.38 bits per heavy atom. The van der Waals surface area contributed by atoms with Crippen LogP contribution in [0.3, 0.4) is 0 Å². The highest BCUT2D eigenvalue weighted by Gasteiger charge is 2.13. The fourth-order valence-electron chi connectivity index (χ4n) is 1.69. The molecule has 2 N–H and O–H groups in total. The second-order valence-corrected chi connectivity index (χ2v) is 5.89. The third kappa shape index (κ3) is 3.70. The lowest BCUT2D eigenvalue weighted by molar-refractivity contribution is -0.387. The molecule has 2 aromatic rings. The molecule has 0 heterocycles. The van der Waals surface area contributed by atoms with E-state index >= 15 is 0 Å². The number of phenols is 1. The van der Waals surface area contributed by atoms with E-state index in [1.54, 1.807) is 12.1 Å². The number of hydrogen-bond donors (Lipinski definition) is 2. The summed E-state index contributed by atoms with van der Waals surface area (Å²) in [5, 5.41) is 23.1. The molecule has 21 heavy (non-hydrogen) atoms. The molecule has 8 heteroatoms. The highest BCUT2D eigenvalue weighted by atomic mass is 79.9. The molecule has 0 aromatic heterocycles. The van der Waals surface area contributed by atoms with E-state index in [1.165, 1.54) is 6.07 Å². The molecule has 0 unspecified atom stereocenters. The Balaban J connectivity index is 2.13. The Labute approximate surface area is 136 Å². The molecule has 0 fully saturated rings. The number of nitro groups is 1. The van der Waals surface area contributed by atoms with Crippen molar-refractivity contribution in [3.05, 3.63) is 60.8 Å². The largest absolute Gasteiger partial charge is 0.506 e. The molecule has 0 bridgehead atoms. The van der Waals surface area contributed by atoms with Gasteiger partial charge in [0.2, 0.25) is 5.82 Å². The molecule has 0 aliphatic rings. The minimum absolute atomic E-state index is 0.0973. The third-order valence-electron chi connectivity index (χ3n) is 2.72. The van der Waals surface area contributed by atoms with Crippen LogP contribution < -0.4 is 5.32 Å². The topological polar surface area (TPSA) is 75.4 Å². The standard InChI is InChI=1S/C13H9Br2FN2O3/c14-9-3-7(4-10(15)13(9)19)6-17-8-1-2-12(18(20)21)11(16)5-8/h1-5,17,19H,6H2. The van der Waals surface area contributed by atoms with E-state index in [0.717, 1.165) is 17.7 Å². The molecule has 2 aromatic carbocycles. The molecule has 0 atom stereocenters. The Kier molecular flexibility index (Phi) is 4.79. The van der Waals surface area contributed by atoms with Crippen molar-refractivity contribution in [2.75, 3.05) is 5.32 Å². The highest BCUT2D eigenvalue weighted by molar-refractivity contribution is 9.11. The van der Waals surface area contributed by atoms with Crippen LogP contribution in [0.15, 0.2) is 39.3 Å². The van der Waals surface area contributed by atoms with E-state index in [2.05, 4.69) is 37.2 Å². The van der Waals surface area contributed by atoms with Crippen molar-refractivity contribution in [3.8, 4) is 5.75 Å². The summed E-state index contributed by atoms with van der Waals surface area (Å²) in [5.74, 6) is -0.793.